The number of fused-ring (bicyclic) bond motifs is 3. The first kappa shape index (κ1) is 18.8. The van der Waals surface area contributed by atoms with Crippen LogP contribution in [-0.2, 0) is 0 Å². The Morgan fingerprint density at radius 2 is 1.77 bits per heavy atom. The van der Waals surface area contributed by atoms with Crippen molar-refractivity contribution in [2.45, 2.75) is 33.6 Å². The molecule has 3 heterocycles. The van der Waals surface area contributed by atoms with Crippen LogP contribution in [0.1, 0.15) is 42.3 Å². The molecule has 5 rings (SSSR count). The Morgan fingerprint density at radius 1 is 1.03 bits per heavy atom. The van der Waals surface area contributed by atoms with Crippen LogP contribution in [0, 0.1) is 13.8 Å². The van der Waals surface area contributed by atoms with Gasteiger partial charge in [-0.2, -0.15) is 0 Å². The number of benzene rings is 2. The van der Waals surface area contributed by atoms with E-state index in [-0.39, 0.29) is 5.56 Å². The summed E-state index contributed by atoms with van der Waals surface area (Å²) in [7, 11) is 0. The van der Waals surface area contributed by atoms with Crippen LogP contribution in [0.3, 0.4) is 0 Å². The molecule has 0 amide bonds. The van der Waals surface area contributed by atoms with Crippen molar-refractivity contribution in [2.24, 2.45) is 0 Å². The molecule has 5 heteroatoms. The molecule has 3 aromatic heterocycles. The van der Waals surface area contributed by atoms with Crippen molar-refractivity contribution < 1.29 is 0 Å². The number of hydrogen-bond acceptors (Lipinski definition) is 3. The van der Waals surface area contributed by atoms with Crippen molar-refractivity contribution in [3.8, 4) is 5.69 Å². The van der Waals surface area contributed by atoms with Gasteiger partial charge in [0.05, 0.1) is 15.6 Å². The van der Waals surface area contributed by atoms with Gasteiger partial charge < -0.3 is 4.57 Å². The number of hydrogen-bond donors (Lipinski definition) is 0. The molecule has 0 saturated heterocycles. The van der Waals surface area contributed by atoms with Gasteiger partial charge in [-0.25, -0.2) is 9.38 Å². The fourth-order valence-electron chi connectivity index (χ4n) is 4.24. The molecular formula is C25H23N3OS. The van der Waals surface area contributed by atoms with Crippen molar-refractivity contribution in [3.63, 3.8) is 0 Å². The van der Waals surface area contributed by atoms with Crippen molar-refractivity contribution in [1.82, 2.24) is 14.0 Å². The summed E-state index contributed by atoms with van der Waals surface area (Å²) in [5.41, 5.74) is 7.60. The molecule has 2 aromatic carbocycles. The molecule has 4 nitrogen and oxygen atoms in total. The van der Waals surface area contributed by atoms with E-state index in [1.807, 2.05) is 30.3 Å². The van der Waals surface area contributed by atoms with Gasteiger partial charge in [-0.1, -0.05) is 55.5 Å². The number of imidazole rings is 1. The van der Waals surface area contributed by atoms with Crippen LogP contribution in [0.2, 0.25) is 0 Å². The van der Waals surface area contributed by atoms with Gasteiger partial charge in [0.2, 0.25) is 0 Å². The molecule has 150 valence electrons. The number of nitrogens with zero attached hydrogens (tertiary/aromatic N) is 3. The van der Waals surface area contributed by atoms with E-state index < -0.39 is 0 Å². The summed E-state index contributed by atoms with van der Waals surface area (Å²) >= 11 is 1.45. The number of aryl methyl sites for hydroxylation is 1. The van der Waals surface area contributed by atoms with Gasteiger partial charge in [0, 0.05) is 17.1 Å². The van der Waals surface area contributed by atoms with E-state index in [2.05, 4.69) is 67.6 Å². The summed E-state index contributed by atoms with van der Waals surface area (Å²) < 4.78 is 4.72. The molecule has 0 saturated carbocycles. The first-order chi connectivity index (χ1) is 14.5. The predicted octanol–water partition coefficient (Wildman–Crippen LogP) is 4.99. The highest BCUT2D eigenvalue weighted by molar-refractivity contribution is 7.15. The average Bonchev–Trinajstić information content (AvgIpc) is 3.33. The third-order valence-corrected chi connectivity index (χ3v) is 6.67. The summed E-state index contributed by atoms with van der Waals surface area (Å²) in [4.78, 5) is 18.5. The molecule has 0 spiro atoms. The maximum atomic E-state index is 13.1. The molecule has 5 aromatic rings. The predicted molar refractivity (Wildman–Crippen MR) is 125 cm³/mol. The van der Waals surface area contributed by atoms with Crippen LogP contribution in [0.5, 0.6) is 0 Å². The standard InChI is InChI=1S/C25H23N3OS/c1-15(2)19-9-5-7-11-21(19)27-16(3)13-18(17(27)4)14-23-24(29)28-22-12-8-6-10-20(22)26-25(28)30-23/h5-15H,1-4H3/b23-14-. The van der Waals surface area contributed by atoms with E-state index in [0.717, 1.165) is 32.9 Å². The number of aromatic nitrogens is 3. The Bertz CT molecular complexity index is 1520. The van der Waals surface area contributed by atoms with Crippen LogP contribution in [0.15, 0.2) is 59.4 Å². The highest BCUT2D eigenvalue weighted by atomic mass is 32.1. The Morgan fingerprint density at radius 3 is 2.57 bits per heavy atom. The molecule has 0 radical (unpaired) electrons. The van der Waals surface area contributed by atoms with E-state index in [1.165, 1.54) is 22.6 Å². The van der Waals surface area contributed by atoms with Crippen molar-refractivity contribution in [3.05, 3.63) is 92.0 Å². The molecule has 0 N–H and O–H groups in total. The number of rotatable bonds is 3. The largest absolute Gasteiger partial charge is 0.318 e. The first-order valence-corrected chi connectivity index (χ1v) is 11.0. The SMILES string of the molecule is Cc1cc(/C=c2\sc3nc4ccccc4n3c2=O)c(C)n1-c1ccccc1C(C)C. The fourth-order valence-corrected chi connectivity index (χ4v) is 5.21. The van der Waals surface area contributed by atoms with Gasteiger partial charge in [-0.3, -0.25) is 4.79 Å². The van der Waals surface area contributed by atoms with Gasteiger partial charge in [0.1, 0.15) is 0 Å². The Hall–Kier alpha value is -3.18. The summed E-state index contributed by atoms with van der Waals surface area (Å²) in [5, 5.41) is 0. The minimum absolute atomic E-state index is 0.00363. The topological polar surface area (TPSA) is 39.3 Å². The fraction of sp³-hybridized carbons (Fsp3) is 0.200. The molecule has 0 aliphatic carbocycles. The zero-order valence-corrected chi connectivity index (χ0v) is 18.3. The van der Waals surface area contributed by atoms with Crippen LogP contribution in [0.4, 0.5) is 0 Å². The lowest BCUT2D eigenvalue weighted by molar-refractivity contribution is 0.835. The number of para-hydroxylation sites is 3. The Kier molecular flexibility index (Phi) is 4.36. The molecule has 0 bridgehead atoms. The van der Waals surface area contributed by atoms with Crippen molar-refractivity contribution in [1.29, 1.82) is 0 Å². The molecule has 0 unspecified atom stereocenters. The maximum absolute atomic E-state index is 13.1. The normalized spacial score (nSPS) is 12.6. The monoisotopic (exact) mass is 413 g/mol. The number of thiazole rings is 1. The Balaban J connectivity index is 1.71. The van der Waals surface area contributed by atoms with Gasteiger partial charge >= 0.3 is 0 Å². The molecular weight excluding hydrogens is 390 g/mol. The lowest BCUT2D eigenvalue weighted by Gasteiger charge is -2.17. The molecule has 0 atom stereocenters. The summed E-state index contributed by atoms with van der Waals surface area (Å²) in [6.07, 6.45) is 2.01. The zero-order chi connectivity index (χ0) is 21.0. The van der Waals surface area contributed by atoms with Gasteiger partial charge in [0.15, 0.2) is 4.96 Å². The third-order valence-electron chi connectivity index (χ3n) is 5.70. The van der Waals surface area contributed by atoms with E-state index in [4.69, 9.17) is 0 Å². The van der Waals surface area contributed by atoms with Crippen molar-refractivity contribution in [2.75, 3.05) is 0 Å². The second-order valence-corrected chi connectivity index (χ2v) is 9.02. The van der Waals surface area contributed by atoms with Crippen LogP contribution in [-0.4, -0.2) is 14.0 Å². The minimum Gasteiger partial charge on any atom is -0.318 e. The maximum Gasteiger partial charge on any atom is 0.274 e. The second kappa shape index (κ2) is 6.96. The first-order valence-electron chi connectivity index (χ1n) is 10.2. The highest BCUT2D eigenvalue weighted by Crippen LogP contribution is 2.28. The molecule has 0 aliphatic heterocycles. The summed E-state index contributed by atoms with van der Waals surface area (Å²) in [5.74, 6) is 0.432. The van der Waals surface area contributed by atoms with E-state index in [1.54, 1.807) is 4.40 Å². The second-order valence-electron chi connectivity index (χ2n) is 8.01. The lowest BCUT2D eigenvalue weighted by Crippen LogP contribution is -2.22. The van der Waals surface area contributed by atoms with E-state index >= 15 is 0 Å². The van der Waals surface area contributed by atoms with E-state index in [9.17, 15) is 4.79 Å². The van der Waals surface area contributed by atoms with E-state index in [0.29, 0.717) is 10.5 Å². The van der Waals surface area contributed by atoms with Crippen LogP contribution >= 0.6 is 11.3 Å². The van der Waals surface area contributed by atoms with Crippen molar-refractivity contribution >= 4 is 33.4 Å². The Labute approximate surface area is 178 Å². The minimum atomic E-state index is -0.00363. The molecule has 30 heavy (non-hydrogen) atoms. The lowest BCUT2D eigenvalue weighted by atomic mass is 10.0. The highest BCUT2D eigenvalue weighted by Gasteiger charge is 2.15. The average molecular weight is 414 g/mol. The molecule has 0 fully saturated rings. The summed E-state index contributed by atoms with van der Waals surface area (Å²) in [6, 6.07) is 18.5. The molecule has 0 aliphatic rings. The van der Waals surface area contributed by atoms with Crippen LogP contribution < -0.4 is 10.1 Å². The zero-order valence-electron chi connectivity index (χ0n) is 17.5. The quantitative estimate of drug-likeness (QED) is 0.418. The van der Waals surface area contributed by atoms with Crippen LogP contribution in [0.25, 0.3) is 27.8 Å². The smallest absolute Gasteiger partial charge is 0.274 e. The summed E-state index contributed by atoms with van der Waals surface area (Å²) in [6.45, 7) is 8.67. The van der Waals surface area contributed by atoms with Gasteiger partial charge in [-0.05, 0) is 61.2 Å². The van der Waals surface area contributed by atoms with Gasteiger partial charge in [0.25, 0.3) is 5.56 Å². The van der Waals surface area contributed by atoms with Gasteiger partial charge in [-0.15, -0.1) is 0 Å². The third kappa shape index (κ3) is 2.81.